The van der Waals surface area contributed by atoms with E-state index in [0.29, 0.717) is 11.7 Å². The summed E-state index contributed by atoms with van der Waals surface area (Å²) < 4.78 is 6.77. The molecule has 0 saturated carbocycles. The summed E-state index contributed by atoms with van der Waals surface area (Å²) in [5.41, 5.74) is 2.29. The molecule has 7 nitrogen and oxygen atoms in total. The number of thioether (sulfide) groups is 1. The summed E-state index contributed by atoms with van der Waals surface area (Å²) in [7, 11) is 1.62. The Balaban J connectivity index is 1.48. The van der Waals surface area contributed by atoms with Crippen molar-refractivity contribution in [3.63, 3.8) is 0 Å². The SMILES string of the molecule is COc1ccc(-n2nnnc2SCC(=O)NCCC2=CCCCC2)cc1. The summed E-state index contributed by atoms with van der Waals surface area (Å²) in [4.78, 5) is 12.1. The van der Waals surface area contributed by atoms with Crippen molar-refractivity contribution in [2.75, 3.05) is 19.4 Å². The molecule has 3 rings (SSSR count). The summed E-state index contributed by atoms with van der Waals surface area (Å²) in [6, 6.07) is 7.44. The Labute approximate surface area is 157 Å². The van der Waals surface area contributed by atoms with Gasteiger partial charge in [-0.15, -0.1) is 5.10 Å². The highest BCUT2D eigenvalue weighted by Crippen LogP contribution is 2.21. The molecule has 0 aliphatic heterocycles. The third kappa shape index (κ3) is 5.08. The number of hydrogen-bond donors (Lipinski definition) is 1. The Kier molecular flexibility index (Phi) is 6.65. The Morgan fingerprint density at radius 1 is 1.31 bits per heavy atom. The second-order valence-electron chi connectivity index (χ2n) is 6.07. The lowest BCUT2D eigenvalue weighted by atomic mass is 9.97. The summed E-state index contributed by atoms with van der Waals surface area (Å²) in [5, 5.41) is 15.3. The van der Waals surface area contributed by atoms with E-state index >= 15 is 0 Å². The fraction of sp³-hybridized carbons (Fsp3) is 0.444. The molecule has 138 valence electrons. The van der Waals surface area contributed by atoms with Gasteiger partial charge in [0.05, 0.1) is 18.6 Å². The minimum absolute atomic E-state index is 0.00399. The maximum atomic E-state index is 12.1. The van der Waals surface area contributed by atoms with Crippen molar-refractivity contribution in [3.8, 4) is 11.4 Å². The quantitative estimate of drug-likeness (QED) is 0.566. The molecule has 1 N–H and O–H groups in total. The fourth-order valence-corrected chi connectivity index (χ4v) is 3.55. The number of tetrazole rings is 1. The van der Waals surface area contributed by atoms with E-state index in [0.717, 1.165) is 17.9 Å². The molecule has 1 heterocycles. The van der Waals surface area contributed by atoms with Crippen LogP contribution in [0.1, 0.15) is 32.1 Å². The standard InChI is InChI=1S/C18H23N5O2S/c1-25-16-9-7-15(8-10-16)23-18(20-21-22-23)26-13-17(24)19-12-11-14-5-3-2-4-6-14/h5,7-10H,2-4,6,11-13H2,1H3,(H,19,24). The average Bonchev–Trinajstić information content (AvgIpc) is 3.16. The third-order valence-electron chi connectivity index (χ3n) is 4.24. The average molecular weight is 373 g/mol. The Morgan fingerprint density at radius 3 is 2.88 bits per heavy atom. The number of allylic oxidation sites excluding steroid dienone is 1. The van der Waals surface area contributed by atoms with Crippen LogP contribution >= 0.6 is 11.8 Å². The summed E-state index contributed by atoms with van der Waals surface area (Å²) >= 11 is 1.32. The highest BCUT2D eigenvalue weighted by Gasteiger charge is 2.12. The molecule has 1 aliphatic rings. The molecule has 8 heteroatoms. The van der Waals surface area contributed by atoms with Gasteiger partial charge in [-0.2, -0.15) is 4.68 Å². The Morgan fingerprint density at radius 2 is 2.15 bits per heavy atom. The van der Waals surface area contributed by atoms with Gasteiger partial charge in [0.25, 0.3) is 0 Å². The number of amides is 1. The first-order valence-corrected chi connectivity index (χ1v) is 9.75. The highest BCUT2D eigenvalue weighted by molar-refractivity contribution is 7.99. The lowest BCUT2D eigenvalue weighted by molar-refractivity contribution is -0.118. The van der Waals surface area contributed by atoms with E-state index in [1.54, 1.807) is 11.8 Å². The normalized spacial score (nSPS) is 14.0. The van der Waals surface area contributed by atoms with Crippen molar-refractivity contribution in [2.24, 2.45) is 0 Å². The van der Waals surface area contributed by atoms with E-state index < -0.39 is 0 Å². The van der Waals surface area contributed by atoms with Gasteiger partial charge in [-0.3, -0.25) is 4.79 Å². The molecule has 1 aromatic carbocycles. The Hall–Kier alpha value is -2.35. The van der Waals surface area contributed by atoms with Gasteiger partial charge in [0, 0.05) is 6.54 Å². The van der Waals surface area contributed by atoms with E-state index in [4.69, 9.17) is 4.74 Å². The number of benzene rings is 1. The van der Waals surface area contributed by atoms with Crippen molar-refractivity contribution >= 4 is 17.7 Å². The van der Waals surface area contributed by atoms with Gasteiger partial charge >= 0.3 is 0 Å². The summed E-state index contributed by atoms with van der Waals surface area (Å²) in [6.07, 6.45) is 8.15. The highest BCUT2D eigenvalue weighted by atomic mass is 32.2. The van der Waals surface area contributed by atoms with Crippen LogP contribution in [-0.2, 0) is 4.79 Å². The molecular weight excluding hydrogens is 350 g/mol. The zero-order valence-corrected chi connectivity index (χ0v) is 15.7. The first-order valence-electron chi connectivity index (χ1n) is 8.76. The predicted octanol–water partition coefficient (Wildman–Crippen LogP) is 2.77. The van der Waals surface area contributed by atoms with Crippen molar-refractivity contribution in [3.05, 3.63) is 35.9 Å². The van der Waals surface area contributed by atoms with Crippen LogP contribution < -0.4 is 10.1 Å². The van der Waals surface area contributed by atoms with Gasteiger partial charge in [-0.1, -0.05) is 23.4 Å². The summed E-state index contributed by atoms with van der Waals surface area (Å²) in [5.74, 6) is 1.05. The van der Waals surface area contributed by atoms with Crippen molar-refractivity contribution in [2.45, 2.75) is 37.3 Å². The van der Waals surface area contributed by atoms with Gasteiger partial charge in [0.1, 0.15) is 5.75 Å². The molecule has 26 heavy (non-hydrogen) atoms. The number of nitrogens with one attached hydrogen (secondary N) is 1. The molecule has 1 aliphatic carbocycles. The molecule has 1 aromatic heterocycles. The van der Waals surface area contributed by atoms with Crippen LogP contribution in [0.4, 0.5) is 0 Å². The van der Waals surface area contributed by atoms with Crippen LogP contribution in [0, 0.1) is 0 Å². The maximum Gasteiger partial charge on any atom is 0.230 e. The molecule has 0 radical (unpaired) electrons. The summed E-state index contributed by atoms with van der Waals surface area (Å²) in [6.45, 7) is 0.689. The monoisotopic (exact) mass is 373 g/mol. The van der Waals surface area contributed by atoms with Gasteiger partial charge in [-0.25, -0.2) is 0 Å². The van der Waals surface area contributed by atoms with Crippen LogP contribution in [0.5, 0.6) is 5.75 Å². The van der Waals surface area contributed by atoms with Crippen molar-refractivity contribution in [1.29, 1.82) is 0 Å². The number of hydrogen-bond acceptors (Lipinski definition) is 6. The van der Waals surface area contributed by atoms with Gasteiger partial charge in [-0.05, 0) is 66.8 Å². The maximum absolute atomic E-state index is 12.1. The molecule has 1 amide bonds. The van der Waals surface area contributed by atoms with E-state index in [2.05, 4.69) is 26.9 Å². The molecule has 0 fully saturated rings. The molecule has 2 aromatic rings. The van der Waals surface area contributed by atoms with Crippen molar-refractivity contribution < 1.29 is 9.53 Å². The van der Waals surface area contributed by atoms with E-state index in [1.165, 1.54) is 43.0 Å². The Bertz CT molecular complexity index is 757. The number of rotatable bonds is 8. The van der Waals surface area contributed by atoms with E-state index in [-0.39, 0.29) is 11.7 Å². The van der Waals surface area contributed by atoms with Gasteiger partial charge in [0.2, 0.25) is 11.1 Å². The second kappa shape index (κ2) is 9.38. The largest absolute Gasteiger partial charge is 0.497 e. The number of carbonyl (C=O) groups is 1. The minimum atomic E-state index is -0.00399. The molecule has 0 saturated heterocycles. The molecule has 0 atom stereocenters. The number of carbonyl (C=O) groups excluding carboxylic acids is 1. The van der Waals surface area contributed by atoms with E-state index in [9.17, 15) is 4.79 Å². The second-order valence-corrected chi connectivity index (χ2v) is 7.01. The molecule has 0 bridgehead atoms. The lowest BCUT2D eigenvalue weighted by Crippen LogP contribution is -2.26. The first kappa shape index (κ1) is 18.4. The minimum Gasteiger partial charge on any atom is -0.497 e. The molecular formula is C18H23N5O2S. The predicted molar refractivity (Wildman–Crippen MR) is 101 cm³/mol. The number of methoxy groups -OCH3 is 1. The smallest absolute Gasteiger partial charge is 0.230 e. The molecule has 0 spiro atoms. The topological polar surface area (TPSA) is 81.9 Å². The van der Waals surface area contributed by atoms with Crippen LogP contribution in [0.25, 0.3) is 5.69 Å². The number of aromatic nitrogens is 4. The van der Waals surface area contributed by atoms with Crippen LogP contribution in [-0.4, -0.2) is 45.5 Å². The number of nitrogens with zero attached hydrogens (tertiary/aromatic N) is 4. The third-order valence-corrected chi connectivity index (χ3v) is 5.16. The van der Waals surface area contributed by atoms with Crippen LogP contribution in [0.2, 0.25) is 0 Å². The molecule has 0 unspecified atom stereocenters. The van der Waals surface area contributed by atoms with Gasteiger partial charge in [0.15, 0.2) is 0 Å². The number of ether oxygens (including phenoxy) is 1. The van der Waals surface area contributed by atoms with Gasteiger partial charge < -0.3 is 10.1 Å². The van der Waals surface area contributed by atoms with Crippen LogP contribution in [0.3, 0.4) is 0 Å². The zero-order valence-electron chi connectivity index (χ0n) is 14.9. The first-order chi connectivity index (χ1) is 12.8. The van der Waals surface area contributed by atoms with E-state index in [1.807, 2.05) is 24.3 Å². The van der Waals surface area contributed by atoms with Crippen molar-refractivity contribution in [1.82, 2.24) is 25.5 Å². The van der Waals surface area contributed by atoms with Crippen LogP contribution in [0.15, 0.2) is 41.1 Å². The lowest BCUT2D eigenvalue weighted by Gasteiger charge is -2.12. The zero-order chi connectivity index (χ0) is 18.2. The fourth-order valence-electron chi connectivity index (χ4n) is 2.83.